The molecule has 5 heteroatoms. The minimum atomic E-state index is -0.0970. The molecule has 3 aromatic carbocycles. The predicted octanol–water partition coefficient (Wildman–Crippen LogP) is 6.15. The fourth-order valence-electron chi connectivity index (χ4n) is 3.90. The molecule has 0 saturated carbocycles. The van der Waals surface area contributed by atoms with Crippen LogP contribution in [0.4, 0.5) is 5.69 Å². The predicted molar refractivity (Wildman–Crippen MR) is 117 cm³/mol. The topological polar surface area (TPSA) is 47.6 Å². The molecule has 0 aliphatic carbocycles. The number of hydrogen-bond acceptors (Lipinski definition) is 3. The van der Waals surface area contributed by atoms with E-state index in [1.165, 1.54) is 0 Å². The molecule has 1 heterocycles. The van der Waals surface area contributed by atoms with Gasteiger partial charge in [0.15, 0.2) is 11.5 Å². The van der Waals surface area contributed by atoms with E-state index in [1.807, 2.05) is 44.2 Å². The minimum Gasteiger partial charge on any atom is -0.490 e. The number of ether oxygens (including phenoxy) is 2. The Kier molecular flexibility index (Phi) is 5.63. The summed E-state index contributed by atoms with van der Waals surface area (Å²) in [7, 11) is 0. The molecule has 150 valence electrons. The van der Waals surface area contributed by atoms with Crippen LogP contribution in [-0.4, -0.2) is 19.1 Å². The number of benzene rings is 3. The lowest BCUT2D eigenvalue weighted by Crippen LogP contribution is -2.23. The molecular weight excluding hydrogens is 386 g/mol. The van der Waals surface area contributed by atoms with Crippen molar-refractivity contribution in [1.29, 1.82) is 0 Å². The second-order valence-electron chi connectivity index (χ2n) is 7.17. The molecular formula is C24H24ClNO3. The molecule has 4 rings (SSSR count). The van der Waals surface area contributed by atoms with Gasteiger partial charge in [0.25, 0.3) is 0 Å². The molecule has 29 heavy (non-hydrogen) atoms. The maximum absolute atomic E-state index is 12.6. The molecule has 0 radical (unpaired) electrons. The number of rotatable bonds is 6. The third kappa shape index (κ3) is 3.77. The van der Waals surface area contributed by atoms with Crippen molar-refractivity contribution in [2.75, 3.05) is 18.5 Å². The summed E-state index contributed by atoms with van der Waals surface area (Å²) in [6, 6.07) is 16.1. The summed E-state index contributed by atoms with van der Waals surface area (Å²) in [6.45, 7) is 5.05. The summed E-state index contributed by atoms with van der Waals surface area (Å²) in [5, 5.41) is 5.72. The van der Waals surface area contributed by atoms with Crippen LogP contribution in [0.1, 0.15) is 43.7 Å². The Balaban J connectivity index is 1.83. The average molecular weight is 410 g/mol. The highest BCUT2D eigenvalue weighted by atomic mass is 35.5. The first-order chi connectivity index (χ1) is 14.1. The summed E-state index contributed by atoms with van der Waals surface area (Å²) >= 11 is 6.58. The van der Waals surface area contributed by atoms with Gasteiger partial charge in [-0.25, -0.2) is 0 Å². The van der Waals surface area contributed by atoms with Gasteiger partial charge in [0.2, 0.25) is 5.91 Å². The van der Waals surface area contributed by atoms with Gasteiger partial charge in [0, 0.05) is 17.7 Å². The highest BCUT2D eigenvalue weighted by Gasteiger charge is 2.29. The summed E-state index contributed by atoms with van der Waals surface area (Å²) in [4.78, 5) is 12.6. The Bertz CT molecular complexity index is 1060. The van der Waals surface area contributed by atoms with Crippen molar-refractivity contribution in [3.8, 4) is 11.5 Å². The molecule has 0 saturated heterocycles. The number of fused-ring (bicyclic) bond motifs is 3. The largest absolute Gasteiger partial charge is 0.490 e. The first-order valence-electron chi connectivity index (χ1n) is 10.0. The molecule has 1 amide bonds. The minimum absolute atomic E-state index is 0.000699. The first-order valence-corrected chi connectivity index (χ1v) is 10.4. The lowest BCUT2D eigenvalue weighted by molar-refractivity contribution is -0.116. The van der Waals surface area contributed by atoms with Crippen LogP contribution in [0.25, 0.3) is 10.8 Å². The van der Waals surface area contributed by atoms with Crippen LogP contribution in [0.5, 0.6) is 11.5 Å². The van der Waals surface area contributed by atoms with Crippen LogP contribution in [0, 0.1) is 0 Å². The smallest absolute Gasteiger partial charge is 0.225 e. The zero-order chi connectivity index (χ0) is 20.4. The van der Waals surface area contributed by atoms with Crippen LogP contribution < -0.4 is 14.8 Å². The Morgan fingerprint density at radius 3 is 2.72 bits per heavy atom. The third-order valence-corrected chi connectivity index (χ3v) is 5.46. The van der Waals surface area contributed by atoms with Crippen LogP contribution >= 0.6 is 11.6 Å². The number of nitrogens with one attached hydrogen (secondary N) is 1. The van der Waals surface area contributed by atoms with Gasteiger partial charge in [0.1, 0.15) is 0 Å². The van der Waals surface area contributed by atoms with Crippen molar-refractivity contribution in [2.24, 2.45) is 0 Å². The zero-order valence-corrected chi connectivity index (χ0v) is 17.4. The van der Waals surface area contributed by atoms with Gasteiger partial charge >= 0.3 is 0 Å². The maximum atomic E-state index is 12.6. The number of anilines is 1. The van der Waals surface area contributed by atoms with E-state index in [2.05, 4.69) is 23.5 Å². The van der Waals surface area contributed by atoms with Gasteiger partial charge in [-0.3, -0.25) is 4.79 Å². The highest BCUT2D eigenvalue weighted by Crippen LogP contribution is 2.45. The van der Waals surface area contributed by atoms with Crippen molar-refractivity contribution in [1.82, 2.24) is 0 Å². The Hall–Kier alpha value is -2.72. The summed E-state index contributed by atoms with van der Waals surface area (Å²) in [5.41, 5.74) is 2.92. The van der Waals surface area contributed by atoms with E-state index in [4.69, 9.17) is 21.1 Å². The number of amides is 1. The Labute approximate surface area is 175 Å². The molecule has 0 bridgehead atoms. The number of hydrogen-bond donors (Lipinski definition) is 1. The van der Waals surface area contributed by atoms with Gasteiger partial charge in [-0.2, -0.15) is 0 Å². The van der Waals surface area contributed by atoms with Crippen LogP contribution in [0.3, 0.4) is 0 Å². The highest BCUT2D eigenvalue weighted by molar-refractivity contribution is 6.32. The van der Waals surface area contributed by atoms with Gasteiger partial charge in [-0.05, 0) is 42.0 Å². The van der Waals surface area contributed by atoms with E-state index in [0.717, 1.165) is 34.0 Å². The monoisotopic (exact) mass is 409 g/mol. The molecule has 1 atom stereocenters. The molecule has 1 aliphatic rings. The number of carbonyl (C=O) groups excluding carboxylic acids is 1. The van der Waals surface area contributed by atoms with E-state index in [9.17, 15) is 4.79 Å². The third-order valence-electron chi connectivity index (χ3n) is 5.18. The lowest BCUT2D eigenvalue weighted by Gasteiger charge is -2.28. The zero-order valence-electron chi connectivity index (χ0n) is 16.6. The molecule has 3 aromatic rings. The van der Waals surface area contributed by atoms with E-state index >= 15 is 0 Å². The maximum Gasteiger partial charge on any atom is 0.225 e. The van der Waals surface area contributed by atoms with Crippen LogP contribution in [0.2, 0.25) is 5.02 Å². The number of carbonyl (C=O) groups is 1. The van der Waals surface area contributed by atoms with E-state index in [1.54, 1.807) is 0 Å². The summed E-state index contributed by atoms with van der Waals surface area (Å²) < 4.78 is 11.6. The normalized spacial score (nSPS) is 15.7. The fraction of sp³-hybridized carbons (Fsp3) is 0.292. The Morgan fingerprint density at radius 1 is 1.10 bits per heavy atom. The van der Waals surface area contributed by atoms with Crippen molar-refractivity contribution >= 4 is 34.0 Å². The number of halogens is 1. The summed E-state index contributed by atoms with van der Waals surface area (Å²) in [5.74, 6) is 1.09. The molecule has 1 aliphatic heterocycles. The van der Waals surface area contributed by atoms with Gasteiger partial charge < -0.3 is 14.8 Å². The van der Waals surface area contributed by atoms with Crippen molar-refractivity contribution in [3.05, 3.63) is 64.7 Å². The van der Waals surface area contributed by atoms with Gasteiger partial charge in [-0.15, -0.1) is 0 Å². The second-order valence-corrected chi connectivity index (χ2v) is 7.57. The van der Waals surface area contributed by atoms with Gasteiger partial charge in [0.05, 0.1) is 23.9 Å². The fourth-order valence-corrected chi connectivity index (χ4v) is 4.17. The summed E-state index contributed by atoms with van der Waals surface area (Å²) in [6.07, 6.45) is 1.25. The van der Waals surface area contributed by atoms with Crippen LogP contribution in [0.15, 0.2) is 48.5 Å². The average Bonchev–Trinajstić information content (AvgIpc) is 2.72. The van der Waals surface area contributed by atoms with E-state index in [0.29, 0.717) is 36.2 Å². The SMILES string of the molecule is CCCOc1c(Cl)cc(C2CC(=O)Nc3c2ccc2ccccc32)cc1OCC. The molecule has 1 unspecified atom stereocenters. The second kappa shape index (κ2) is 8.34. The Morgan fingerprint density at radius 2 is 1.93 bits per heavy atom. The van der Waals surface area contributed by atoms with E-state index < -0.39 is 0 Å². The molecule has 4 nitrogen and oxygen atoms in total. The standard InChI is InChI=1S/C24H24ClNO3/c1-3-11-29-24-20(25)12-16(13-21(24)28-4-2)19-14-22(27)26-23-17-8-6-5-7-15(17)9-10-18(19)23/h5-10,12-13,19H,3-4,11,14H2,1-2H3,(H,26,27). The molecule has 0 aromatic heterocycles. The van der Waals surface area contributed by atoms with Crippen molar-refractivity contribution in [3.63, 3.8) is 0 Å². The quantitative estimate of drug-likeness (QED) is 0.530. The molecule has 1 N–H and O–H groups in total. The van der Waals surface area contributed by atoms with E-state index in [-0.39, 0.29) is 11.8 Å². The van der Waals surface area contributed by atoms with Crippen molar-refractivity contribution < 1.29 is 14.3 Å². The molecule has 0 fully saturated rings. The first kappa shape index (κ1) is 19.6. The van der Waals surface area contributed by atoms with Gasteiger partial charge in [-0.1, -0.05) is 54.9 Å². The lowest BCUT2D eigenvalue weighted by atomic mass is 9.83. The van der Waals surface area contributed by atoms with Crippen molar-refractivity contribution in [2.45, 2.75) is 32.6 Å². The molecule has 0 spiro atoms. The van der Waals surface area contributed by atoms with Crippen LogP contribution in [-0.2, 0) is 4.79 Å².